The van der Waals surface area contributed by atoms with Gasteiger partial charge in [-0.2, -0.15) is 0 Å². The van der Waals surface area contributed by atoms with Gasteiger partial charge in [0.15, 0.2) is 0 Å². The summed E-state index contributed by atoms with van der Waals surface area (Å²) in [5.74, 6) is 0. The lowest BCUT2D eigenvalue weighted by Gasteiger charge is -2.30. The van der Waals surface area contributed by atoms with Crippen LogP contribution in [0.25, 0.3) is 66.8 Å². The quantitative estimate of drug-likeness (QED) is 0.0597. The molecule has 0 bridgehead atoms. The van der Waals surface area contributed by atoms with E-state index >= 15 is 0 Å². The van der Waals surface area contributed by atoms with Crippen molar-refractivity contribution in [2.75, 3.05) is 108 Å². The van der Waals surface area contributed by atoms with Crippen molar-refractivity contribution >= 4 is 34.1 Å². The summed E-state index contributed by atoms with van der Waals surface area (Å²) in [4.78, 5) is 14.7. The number of hydrogen-bond acceptors (Lipinski definition) is 6. The zero-order valence-electron chi connectivity index (χ0n) is 46.0. The van der Waals surface area contributed by atoms with Crippen molar-refractivity contribution in [3.05, 3.63) is 146 Å². The summed E-state index contributed by atoms with van der Waals surface area (Å²) < 4.78 is 0. The molecule has 0 radical (unpaired) electrons. The highest BCUT2D eigenvalue weighted by atomic mass is 15.1. The smallest absolute Gasteiger partial charge is 0.0366 e. The topological polar surface area (TPSA) is 19.4 Å². The maximum absolute atomic E-state index is 2.44. The molecule has 6 nitrogen and oxygen atoms in total. The van der Waals surface area contributed by atoms with E-state index in [1.54, 1.807) is 0 Å². The Kier molecular flexibility index (Phi) is 18.6. The van der Waals surface area contributed by atoms with Crippen LogP contribution in [0.15, 0.2) is 146 Å². The van der Waals surface area contributed by atoms with Gasteiger partial charge >= 0.3 is 0 Å². The minimum atomic E-state index is 0.952. The molecule has 7 rings (SSSR count). The number of anilines is 6. The van der Waals surface area contributed by atoms with E-state index in [4.69, 9.17) is 0 Å². The van der Waals surface area contributed by atoms with Gasteiger partial charge in [-0.05, 0) is 223 Å². The molecular weight excluding hydrogens is 877 g/mol. The Morgan fingerprint density at radius 2 is 0.264 bits per heavy atom. The van der Waals surface area contributed by atoms with Gasteiger partial charge in [0.1, 0.15) is 0 Å². The molecule has 0 N–H and O–H groups in total. The van der Waals surface area contributed by atoms with E-state index < -0.39 is 0 Å². The third-order valence-electron chi connectivity index (χ3n) is 15.2. The second-order valence-electron chi connectivity index (χ2n) is 18.6. The SMILES string of the molecule is CCN(CC)c1ccc(-c2c(-c3ccc(N(CC)CC)cc3)c(-c3ccc(N(CC)CC)cc3)c(-c3ccc(N(CC)CC)cc3)c(-c3ccc(N(CC)CC)cc3)c2-c2ccc(N(CC)CC)cc2)cc1. The van der Waals surface area contributed by atoms with Crippen molar-refractivity contribution in [1.29, 1.82) is 0 Å². The van der Waals surface area contributed by atoms with Crippen LogP contribution in [0.5, 0.6) is 0 Å². The molecule has 0 spiro atoms. The van der Waals surface area contributed by atoms with Crippen LogP contribution in [0, 0.1) is 0 Å². The lowest BCUT2D eigenvalue weighted by atomic mass is 9.74. The fraction of sp³-hybridized carbons (Fsp3) is 0.364. The van der Waals surface area contributed by atoms with E-state index in [0.717, 1.165) is 78.5 Å². The van der Waals surface area contributed by atoms with Gasteiger partial charge in [0.25, 0.3) is 0 Å². The predicted octanol–water partition coefficient (Wildman–Crippen LogP) is 16.8. The molecule has 0 unspecified atom stereocenters. The van der Waals surface area contributed by atoms with E-state index in [-0.39, 0.29) is 0 Å². The van der Waals surface area contributed by atoms with E-state index in [9.17, 15) is 0 Å². The van der Waals surface area contributed by atoms with Crippen LogP contribution in [0.4, 0.5) is 34.1 Å². The van der Waals surface area contributed by atoms with Crippen LogP contribution in [0.2, 0.25) is 0 Å². The highest BCUT2D eigenvalue weighted by Gasteiger charge is 2.30. The first-order valence-electron chi connectivity index (χ1n) is 27.5. The molecule has 0 fully saturated rings. The Labute approximate surface area is 435 Å². The summed E-state index contributed by atoms with van der Waals surface area (Å²) in [7, 11) is 0. The molecule has 0 heterocycles. The largest absolute Gasteiger partial charge is 0.372 e. The average Bonchev–Trinajstić information content (AvgIpc) is 3.43. The lowest BCUT2D eigenvalue weighted by Crippen LogP contribution is -2.21. The molecule has 0 atom stereocenters. The average molecular weight is 961 g/mol. The Morgan fingerprint density at radius 1 is 0.167 bits per heavy atom. The van der Waals surface area contributed by atoms with E-state index in [1.807, 2.05) is 0 Å². The molecule has 72 heavy (non-hydrogen) atoms. The van der Waals surface area contributed by atoms with Crippen LogP contribution in [-0.2, 0) is 0 Å². The van der Waals surface area contributed by atoms with Gasteiger partial charge in [-0.3, -0.25) is 0 Å². The first-order chi connectivity index (χ1) is 35.2. The Hall–Kier alpha value is -6.66. The van der Waals surface area contributed by atoms with Crippen molar-refractivity contribution in [2.45, 2.75) is 83.1 Å². The zero-order valence-corrected chi connectivity index (χ0v) is 46.0. The van der Waals surface area contributed by atoms with E-state index in [1.165, 1.54) is 101 Å². The number of rotatable bonds is 24. The summed E-state index contributed by atoms with van der Waals surface area (Å²) in [5.41, 5.74) is 22.0. The van der Waals surface area contributed by atoms with Gasteiger partial charge in [0.05, 0.1) is 0 Å². The lowest BCUT2D eigenvalue weighted by molar-refractivity contribution is 0.866. The number of benzene rings is 7. The van der Waals surface area contributed by atoms with Gasteiger partial charge in [-0.25, -0.2) is 0 Å². The molecule has 0 aromatic heterocycles. The monoisotopic (exact) mass is 961 g/mol. The van der Waals surface area contributed by atoms with Crippen LogP contribution in [0.3, 0.4) is 0 Å². The first kappa shape index (κ1) is 53.1. The highest BCUT2D eigenvalue weighted by molar-refractivity contribution is 6.15. The molecule has 6 heteroatoms. The molecule has 0 aliphatic carbocycles. The molecule has 0 saturated heterocycles. The number of hydrogen-bond donors (Lipinski definition) is 0. The van der Waals surface area contributed by atoms with Crippen LogP contribution in [-0.4, -0.2) is 78.5 Å². The van der Waals surface area contributed by atoms with Crippen LogP contribution < -0.4 is 29.4 Å². The fourth-order valence-corrected chi connectivity index (χ4v) is 11.0. The van der Waals surface area contributed by atoms with E-state index in [2.05, 4.69) is 258 Å². The van der Waals surface area contributed by atoms with Crippen LogP contribution >= 0.6 is 0 Å². The van der Waals surface area contributed by atoms with Gasteiger partial charge in [0.2, 0.25) is 0 Å². The molecule has 0 aliphatic heterocycles. The Balaban J connectivity index is 1.76. The molecular formula is C66H84N6. The Morgan fingerprint density at radius 3 is 0.347 bits per heavy atom. The predicted molar refractivity (Wildman–Crippen MR) is 320 cm³/mol. The molecule has 0 aliphatic rings. The summed E-state index contributed by atoms with van der Waals surface area (Å²) in [5, 5.41) is 0. The van der Waals surface area contributed by atoms with Crippen molar-refractivity contribution < 1.29 is 0 Å². The van der Waals surface area contributed by atoms with Crippen LogP contribution in [0.1, 0.15) is 83.1 Å². The van der Waals surface area contributed by atoms with E-state index in [0.29, 0.717) is 0 Å². The second-order valence-corrected chi connectivity index (χ2v) is 18.6. The summed E-state index contributed by atoms with van der Waals surface area (Å²) in [6.07, 6.45) is 0. The van der Waals surface area contributed by atoms with Crippen molar-refractivity contribution in [2.24, 2.45) is 0 Å². The summed E-state index contributed by atoms with van der Waals surface area (Å²) in [6.45, 7) is 38.4. The third-order valence-corrected chi connectivity index (χ3v) is 15.2. The van der Waals surface area contributed by atoms with Gasteiger partial charge in [-0.1, -0.05) is 72.8 Å². The zero-order chi connectivity index (χ0) is 51.3. The minimum Gasteiger partial charge on any atom is -0.372 e. The summed E-state index contributed by atoms with van der Waals surface area (Å²) in [6, 6.07) is 56.9. The van der Waals surface area contributed by atoms with Gasteiger partial charge < -0.3 is 29.4 Å². The van der Waals surface area contributed by atoms with Crippen molar-refractivity contribution in [3.8, 4) is 66.8 Å². The maximum Gasteiger partial charge on any atom is 0.0366 e. The molecule has 7 aromatic carbocycles. The molecule has 0 saturated carbocycles. The van der Waals surface area contributed by atoms with Gasteiger partial charge in [-0.15, -0.1) is 0 Å². The third kappa shape index (κ3) is 11.0. The Bertz CT molecular complexity index is 2220. The standard InChI is InChI=1S/C66H84N6/c1-13-67(14-2)55-37-25-49(26-38-55)61-62(50-27-39-56(40-28-50)68(15-3)16-4)64(52-31-43-58(44-32-52)70(19-7)20-8)66(54-35-47-60(48-36-54)72(23-11)24-12)65(53-33-45-59(46-34-53)71(21-9)22-10)63(61)51-29-41-57(42-30-51)69(17-5)18-6/h25-48H,13-24H2,1-12H3. The number of nitrogens with zero attached hydrogens (tertiary/aromatic N) is 6. The van der Waals surface area contributed by atoms with Crippen molar-refractivity contribution in [3.63, 3.8) is 0 Å². The second kappa shape index (κ2) is 25.1. The molecule has 7 aromatic rings. The van der Waals surface area contributed by atoms with Crippen molar-refractivity contribution in [1.82, 2.24) is 0 Å². The maximum atomic E-state index is 2.44. The first-order valence-corrected chi connectivity index (χ1v) is 27.5. The normalized spacial score (nSPS) is 11.2. The van der Waals surface area contributed by atoms with Gasteiger partial charge in [0, 0.05) is 113 Å². The summed E-state index contributed by atoms with van der Waals surface area (Å²) >= 11 is 0. The molecule has 378 valence electrons. The fourth-order valence-electron chi connectivity index (χ4n) is 11.0. The highest BCUT2D eigenvalue weighted by Crippen LogP contribution is 2.56. The minimum absolute atomic E-state index is 0.952. The molecule has 0 amide bonds.